The Bertz CT molecular complexity index is 1480. The van der Waals surface area contributed by atoms with Crippen molar-refractivity contribution in [2.75, 3.05) is 0 Å². The second-order valence-electron chi connectivity index (χ2n) is 10.7. The SMILES string of the molecule is CC(=O)[C@H](CCC(=O)O)CC(=O)[C@H](CCC(=O)O)NC(=O)[C@@H](CC(=O)O)Cc1ccc(-c2cc(-c3ccccc3)cs2)cc1. The van der Waals surface area contributed by atoms with Crippen LogP contribution >= 0.6 is 11.3 Å². The van der Waals surface area contributed by atoms with Crippen molar-refractivity contribution in [3.63, 3.8) is 0 Å². The van der Waals surface area contributed by atoms with Gasteiger partial charge in [0.2, 0.25) is 5.91 Å². The fraction of sp³-hybridized carbons (Fsp3) is 0.333. The van der Waals surface area contributed by atoms with E-state index in [-0.39, 0.29) is 32.1 Å². The first-order valence-electron chi connectivity index (χ1n) is 14.1. The van der Waals surface area contributed by atoms with Gasteiger partial charge in [0.05, 0.1) is 18.4 Å². The lowest BCUT2D eigenvalue weighted by atomic mass is 9.89. The van der Waals surface area contributed by atoms with E-state index in [1.165, 1.54) is 6.92 Å². The molecule has 3 aromatic rings. The second-order valence-corrected chi connectivity index (χ2v) is 11.6. The van der Waals surface area contributed by atoms with Crippen LogP contribution in [0.25, 0.3) is 21.6 Å². The number of ketones is 2. The first kappa shape index (κ1) is 33.9. The van der Waals surface area contributed by atoms with Crippen molar-refractivity contribution in [2.24, 2.45) is 11.8 Å². The van der Waals surface area contributed by atoms with Crippen molar-refractivity contribution in [2.45, 2.75) is 57.9 Å². The molecule has 0 saturated carbocycles. The van der Waals surface area contributed by atoms with Crippen LogP contribution in [0.15, 0.2) is 66.0 Å². The lowest BCUT2D eigenvalue weighted by molar-refractivity contribution is -0.142. The third-order valence-corrected chi connectivity index (χ3v) is 8.28. The van der Waals surface area contributed by atoms with Gasteiger partial charge in [-0.15, -0.1) is 11.3 Å². The number of carbonyl (C=O) groups excluding carboxylic acids is 3. The molecule has 0 unspecified atom stereocenters. The Hall–Kier alpha value is -4.64. The summed E-state index contributed by atoms with van der Waals surface area (Å²) in [6.07, 6.45) is -1.94. The molecule has 0 bridgehead atoms. The summed E-state index contributed by atoms with van der Waals surface area (Å²) in [4.78, 5) is 73.3. The Morgan fingerprint density at radius 3 is 1.95 bits per heavy atom. The average molecular weight is 622 g/mol. The summed E-state index contributed by atoms with van der Waals surface area (Å²) in [6, 6.07) is 18.2. The Balaban J connectivity index is 1.73. The van der Waals surface area contributed by atoms with Gasteiger partial charge in [-0.3, -0.25) is 28.8 Å². The molecule has 3 rings (SSSR count). The highest BCUT2D eigenvalue weighted by Crippen LogP contribution is 2.33. The minimum atomic E-state index is -1.28. The highest BCUT2D eigenvalue weighted by molar-refractivity contribution is 7.14. The number of nitrogens with one attached hydrogen (secondary N) is 1. The van der Waals surface area contributed by atoms with Crippen LogP contribution < -0.4 is 5.32 Å². The van der Waals surface area contributed by atoms with Crippen LogP contribution in [0.4, 0.5) is 0 Å². The highest BCUT2D eigenvalue weighted by Gasteiger charge is 2.30. The fourth-order valence-corrected chi connectivity index (χ4v) is 5.76. The number of carboxylic acid groups (broad SMARTS) is 3. The molecule has 232 valence electrons. The molecule has 0 radical (unpaired) electrons. The van der Waals surface area contributed by atoms with E-state index >= 15 is 0 Å². The molecule has 11 heteroatoms. The zero-order valence-electron chi connectivity index (χ0n) is 24.2. The Morgan fingerprint density at radius 1 is 0.727 bits per heavy atom. The van der Waals surface area contributed by atoms with Crippen molar-refractivity contribution in [3.05, 3.63) is 71.6 Å². The zero-order chi connectivity index (χ0) is 32.2. The summed E-state index contributed by atoms with van der Waals surface area (Å²) >= 11 is 1.59. The molecule has 0 saturated heterocycles. The largest absolute Gasteiger partial charge is 0.481 e. The summed E-state index contributed by atoms with van der Waals surface area (Å²) < 4.78 is 0. The summed E-state index contributed by atoms with van der Waals surface area (Å²) in [5, 5.41) is 32.2. The minimum Gasteiger partial charge on any atom is -0.481 e. The molecule has 3 atom stereocenters. The molecule has 0 aliphatic carbocycles. The van der Waals surface area contributed by atoms with E-state index in [4.69, 9.17) is 10.2 Å². The molecule has 0 spiro atoms. The second kappa shape index (κ2) is 16.3. The molecule has 1 amide bonds. The molecule has 0 aliphatic heterocycles. The maximum Gasteiger partial charge on any atom is 0.304 e. The van der Waals surface area contributed by atoms with Crippen LogP contribution in [0.5, 0.6) is 0 Å². The first-order chi connectivity index (χ1) is 20.9. The molecule has 1 aromatic heterocycles. The molecule has 44 heavy (non-hydrogen) atoms. The van der Waals surface area contributed by atoms with E-state index < -0.39 is 66.1 Å². The third-order valence-electron chi connectivity index (χ3n) is 7.30. The summed E-state index contributed by atoms with van der Waals surface area (Å²) in [5.74, 6) is -7.23. The van der Waals surface area contributed by atoms with Crippen molar-refractivity contribution in [1.82, 2.24) is 5.32 Å². The molecule has 0 aliphatic rings. The Kier molecular flexibility index (Phi) is 12.5. The van der Waals surface area contributed by atoms with Gasteiger partial charge in [-0.2, -0.15) is 0 Å². The maximum absolute atomic E-state index is 13.3. The lowest BCUT2D eigenvalue weighted by Gasteiger charge is -2.23. The van der Waals surface area contributed by atoms with Gasteiger partial charge in [-0.05, 0) is 59.9 Å². The van der Waals surface area contributed by atoms with Crippen molar-refractivity contribution in [1.29, 1.82) is 0 Å². The van der Waals surface area contributed by atoms with E-state index in [1.807, 2.05) is 54.6 Å². The van der Waals surface area contributed by atoms with E-state index in [0.29, 0.717) is 5.56 Å². The van der Waals surface area contributed by atoms with Crippen LogP contribution in [0.1, 0.15) is 51.0 Å². The van der Waals surface area contributed by atoms with Crippen LogP contribution in [0, 0.1) is 11.8 Å². The number of carboxylic acids is 3. The van der Waals surface area contributed by atoms with Gasteiger partial charge >= 0.3 is 17.9 Å². The predicted octanol–water partition coefficient (Wildman–Crippen LogP) is 5.09. The number of Topliss-reactive ketones (excluding diaryl/α,β-unsaturated/α-hetero) is 2. The van der Waals surface area contributed by atoms with Gasteiger partial charge in [0, 0.05) is 30.1 Å². The number of benzene rings is 2. The quantitative estimate of drug-likeness (QED) is 0.151. The normalized spacial score (nSPS) is 12.9. The first-order valence-corrected chi connectivity index (χ1v) is 15.0. The Morgan fingerprint density at radius 2 is 1.36 bits per heavy atom. The number of aliphatic carboxylic acids is 3. The molecular formula is C33H35NO9S. The van der Waals surface area contributed by atoms with Crippen LogP contribution in [0.3, 0.4) is 0 Å². The van der Waals surface area contributed by atoms with Gasteiger partial charge in [-0.25, -0.2) is 0 Å². The lowest BCUT2D eigenvalue weighted by Crippen LogP contribution is -2.45. The predicted molar refractivity (Wildman–Crippen MR) is 164 cm³/mol. The molecule has 1 heterocycles. The number of thiophene rings is 1. The summed E-state index contributed by atoms with van der Waals surface area (Å²) in [7, 11) is 0. The standard InChI is InChI=1S/C33H35NO9S/c1-20(35)24(11-13-30(37)38)16-28(36)27(12-14-31(39)40)34-33(43)25(18-32(41)42)15-21-7-9-23(10-8-21)29-17-26(19-44-29)22-5-3-2-4-6-22/h2-10,17,19,24-25,27H,11-16,18H2,1H3,(H,34,43)(H,37,38)(H,39,40)(H,41,42)/t24-,25-,27+/m1/s1. The van der Waals surface area contributed by atoms with Crippen LogP contribution in [-0.2, 0) is 35.2 Å². The molecule has 0 fully saturated rings. The number of amides is 1. The van der Waals surface area contributed by atoms with Gasteiger partial charge in [0.25, 0.3) is 0 Å². The van der Waals surface area contributed by atoms with Crippen molar-refractivity contribution in [3.8, 4) is 21.6 Å². The number of hydrogen-bond donors (Lipinski definition) is 4. The van der Waals surface area contributed by atoms with Gasteiger partial charge in [0.15, 0.2) is 5.78 Å². The van der Waals surface area contributed by atoms with Crippen LogP contribution in [0.2, 0.25) is 0 Å². The monoisotopic (exact) mass is 621 g/mol. The average Bonchev–Trinajstić information content (AvgIpc) is 3.47. The molecule has 10 nitrogen and oxygen atoms in total. The van der Waals surface area contributed by atoms with Gasteiger partial charge in [-0.1, -0.05) is 54.6 Å². The highest BCUT2D eigenvalue weighted by atomic mass is 32.1. The van der Waals surface area contributed by atoms with Gasteiger partial charge < -0.3 is 20.6 Å². The topological polar surface area (TPSA) is 175 Å². The van der Waals surface area contributed by atoms with Crippen molar-refractivity contribution >= 4 is 46.7 Å². The number of rotatable bonds is 18. The minimum absolute atomic E-state index is 0.0621. The molecular weight excluding hydrogens is 586 g/mol. The third kappa shape index (κ3) is 10.6. The fourth-order valence-electron chi connectivity index (χ4n) is 4.83. The number of hydrogen-bond acceptors (Lipinski definition) is 7. The van der Waals surface area contributed by atoms with E-state index in [1.54, 1.807) is 11.3 Å². The summed E-state index contributed by atoms with van der Waals surface area (Å²) in [5.41, 5.74) is 3.86. The van der Waals surface area contributed by atoms with Gasteiger partial charge in [0.1, 0.15) is 5.78 Å². The molecule has 4 N–H and O–H groups in total. The van der Waals surface area contributed by atoms with E-state index in [2.05, 4.69) is 16.8 Å². The smallest absolute Gasteiger partial charge is 0.304 e. The Labute approximate surface area is 258 Å². The molecule has 2 aromatic carbocycles. The zero-order valence-corrected chi connectivity index (χ0v) is 25.0. The van der Waals surface area contributed by atoms with Crippen LogP contribution in [-0.4, -0.2) is 56.7 Å². The van der Waals surface area contributed by atoms with Crippen molar-refractivity contribution < 1.29 is 44.1 Å². The summed E-state index contributed by atoms with van der Waals surface area (Å²) in [6.45, 7) is 1.24. The van der Waals surface area contributed by atoms with E-state index in [9.17, 15) is 33.9 Å². The van der Waals surface area contributed by atoms with E-state index in [0.717, 1.165) is 21.6 Å². The number of carbonyl (C=O) groups is 6. The maximum atomic E-state index is 13.3.